The van der Waals surface area contributed by atoms with Gasteiger partial charge in [-0.15, -0.1) is 0 Å². The van der Waals surface area contributed by atoms with Gasteiger partial charge in [0.25, 0.3) is 5.56 Å². The molecular formula is C21H31N3O4. The lowest BCUT2D eigenvalue weighted by Crippen LogP contribution is -2.56. The Labute approximate surface area is 166 Å². The van der Waals surface area contributed by atoms with Gasteiger partial charge in [-0.3, -0.25) is 9.59 Å². The number of nitrogens with one attached hydrogen (secondary N) is 1. The number of alkyl carbamates (subject to hydrolysis) is 1. The van der Waals surface area contributed by atoms with Crippen LogP contribution in [0.25, 0.3) is 0 Å². The number of pyridine rings is 1. The van der Waals surface area contributed by atoms with Gasteiger partial charge in [-0.1, -0.05) is 19.9 Å². The minimum Gasteiger partial charge on any atom is -0.444 e. The zero-order chi connectivity index (χ0) is 20.6. The van der Waals surface area contributed by atoms with Gasteiger partial charge in [0.15, 0.2) is 0 Å². The molecule has 1 saturated heterocycles. The second-order valence-corrected chi connectivity index (χ2v) is 9.31. The summed E-state index contributed by atoms with van der Waals surface area (Å²) >= 11 is 0. The molecule has 3 rings (SSSR count). The molecule has 7 heteroatoms. The molecule has 1 unspecified atom stereocenters. The maximum atomic E-state index is 13.2. The fraction of sp³-hybridized carbons (Fsp3) is 0.667. The molecular weight excluding hydrogens is 358 g/mol. The molecule has 1 fully saturated rings. The standard InChI is InChI=1S/C21H31N3O4/c1-13(2)18(22-20(27)28-21(3,4)5)19(26)23-10-14-9-15(12-23)16-7-6-8-17(25)24(16)11-14/h6-8,13-15,18H,9-12H2,1-5H3,(H,22,27)/t14-,15+,18?/m0/s1. The molecule has 0 aromatic carbocycles. The molecule has 1 N–H and O–H groups in total. The fourth-order valence-corrected chi connectivity index (χ4v) is 4.22. The Bertz CT molecular complexity index is 809. The van der Waals surface area contributed by atoms with Crippen LogP contribution in [0.15, 0.2) is 23.0 Å². The quantitative estimate of drug-likeness (QED) is 0.860. The summed E-state index contributed by atoms with van der Waals surface area (Å²) in [5, 5.41) is 2.76. The van der Waals surface area contributed by atoms with Gasteiger partial charge in [-0.2, -0.15) is 0 Å². The van der Waals surface area contributed by atoms with E-state index in [4.69, 9.17) is 4.74 Å². The minimum atomic E-state index is -0.633. The molecule has 0 spiro atoms. The number of hydrogen-bond acceptors (Lipinski definition) is 4. The van der Waals surface area contributed by atoms with E-state index in [0.717, 1.165) is 12.1 Å². The number of carbonyl (C=O) groups is 2. The lowest BCUT2D eigenvalue weighted by atomic mass is 9.82. The Balaban J connectivity index is 1.75. The number of amides is 2. The molecule has 2 bridgehead atoms. The second-order valence-electron chi connectivity index (χ2n) is 9.31. The highest BCUT2D eigenvalue weighted by atomic mass is 16.6. The first-order chi connectivity index (χ1) is 13.0. The van der Waals surface area contributed by atoms with E-state index in [1.807, 2.05) is 29.4 Å². The predicted molar refractivity (Wildman–Crippen MR) is 106 cm³/mol. The Morgan fingerprint density at radius 2 is 1.89 bits per heavy atom. The number of carbonyl (C=O) groups excluding carboxylic acids is 2. The van der Waals surface area contributed by atoms with Gasteiger partial charge in [-0.05, 0) is 45.1 Å². The third-order valence-corrected chi connectivity index (χ3v) is 5.40. The summed E-state index contributed by atoms with van der Waals surface area (Å²) in [6.07, 6.45) is 0.410. The first-order valence-corrected chi connectivity index (χ1v) is 10.0. The average Bonchev–Trinajstić information content (AvgIpc) is 2.58. The SMILES string of the molecule is CC(C)C(NC(=O)OC(C)(C)C)C(=O)N1C[C@@H]2C[C@H](C1)c1cccc(=O)n1C2. The van der Waals surface area contributed by atoms with Gasteiger partial charge in [0.2, 0.25) is 5.91 Å². The molecule has 3 atom stereocenters. The largest absolute Gasteiger partial charge is 0.444 e. The van der Waals surface area contributed by atoms with Crippen LogP contribution in [0.2, 0.25) is 0 Å². The van der Waals surface area contributed by atoms with Crippen molar-refractivity contribution in [2.24, 2.45) is 11.8 Å². The normalized spacial score (nSPS) is 22.4. The summed E-state index contributed by atoms with van der Waals surface area (Å²) < 4.78 is 7.18. The van der Waals surface area contributed by atoms with Gasteiger partial charge in [0.1, 0.15) is 11.6 Å². The molecule has 1 aromatic rings. The van der Waals surface area contributed by atoms with Crippen molar-refractivity contribution in [2.45, 2.75) is 65.1 Å². The van der Waals surface area contributed by atoms with Crippen LogP contribution in [-0.2, 0) is 16.1 Å². The van der Waals surface area contributed by atoms with Gasteiger partial charge in [-0.25, -0.2) is 4.79 Å². The number of ether oxygens (including phenoxy) is 1. The monoisotopic (exact) mass is 389 g/mol. The summed E-state index contributed by atoms with van der Waals surface area (Å²) in [7, 11) is 0. The molecule has 1 aromatic heterocycles. The summed E-state index contributed by atoms with van der Waals surface area (Å²) in [6.45, 7) is 11.0. The molecule has 2 amide bonds. The average molecular weight is 389 g/mol. The van der Waals surface area contributed by atoms with Crippen LogP contribution in [0.5, 0.6) is 0 Å². The van der Waals surface area contributed by atoms with Crippen LogP contribution in [0.3, 0.4) is 0 Å². The Hall–Kier alpha value is -2.31. The van der Waals surface area contributed by atoms with Crippen LogP contribution in [0.1, 0.15) is 52.7 Å². The molecule has 2 aliphatic heterocycles. The maximum absolute atomic E-state index is 13.2. The van der Waals surface area contributed by atoms with Gasteiger partial charge in [0, 0.05) is 37.3 Å². The summed E-state index contributed by atoms with van der Waals surface area (Å²) in [5.41, 5.74) is 0.411. The summed E-state index contributed by atoms with van der Waals surface area (Å²) in [6, 6.07) is 4.73. The highest BCUT2D eigenvalue weighted by Gasteiger charge is 2.39. The van der Waals surface area contributed by atoms with E-state index in [1.54, 1.807) is 32.9 Å². The van der Waals surface area contributed by atoms with Crippen molar-refractivity contribution in [3.63, 3.8) is 0 Å². The number of hydrogen-bond donors (Lipinski definition) is 1. The Morgan fingerprint density at radius 3 is 2.54 bits per heavy atom. The molecule has 154 valence electrons. The van der Waals surface area contributed by atoms with Crippen molar-refractivity contribution in [1.82, 2.24) is 14.8 Å². The molecule has 0 saturated carbocycles. The number of aromatic nitrogens is 1. The van der Waals surface area contributed by atoms with Crippen LogP contribution in [0, 0.1) is 11.8 Å². The molecule has 3 heterocycles. The van der Waals surface area contributed by atoms with Crippen molar-refractivity contribution < 1.29 is 14.3 Å². The molecule has 2 aliphatic rings. The van der Waals surface area contributed by atoms with Crippen LogP contribution < -0.4 is 10.9 Å². The van der Waals surface area contributed by atoms with E-state index in [2.05, 4.69) is 5.32 Å². The topological polar surface area (TPSA) is 80.6 Å². The summed E-state index contributed by atoms with van der Waals surface area (Å²) in [5.74, 6) is 0.267. The lowest BCUT2D eigenvalue weighted by Gasteiger charge is -2.44. The predicted octanol–water partition coefficient (Wildman–Crippen LogP) is 2.34. The maximum Gasteiger partial charge on any atom is 0.408 e. The van der Waals surface area contributed by atoms with Crippen molar-refractivity contribution in [3.8, 4) is 0 Å². The first kappa shape index (κ1) is 20.4. The molecule has 28 heavy (non-hydrogen) atoms. The van der Waals surface area contributed by atoms with E-state index in [1.165, 1.54) is 0 Å². The number of fused-ring (bicyclic) bond motifs is 4. The Kier molecular flexibility index (Phi) is 5.55. The number of piperidine rings is 1. The highest BCUT2D eigenvalue weighted by molar-refractivity contribution is 5.86. The van der Waals surface area contributed by atoms with Crippen LogP contribution in [-0.4, -0.2) is 46.2 Å². The van der Waals surface area contributed by atoms with Crippen molar-refractivity contribution in [3.05, 3.63) is 34.2 Å². The van der Waals surface area contributed by atoms with Crippen LogP contribution in [0.4, 0.5) is 4.79 Å². The van der Waals surface area contributed by atoms with Crippen LogP contribution >= 0.6 is 0 Å². The summed E-state index contributed by atoms with van der Waals surface area (Å²) in [4.78, 5) is 39.5. The zero-order valence-corrected chi connectivity index (χ0v) is 17.4. The fourth-order valence-electron chi connectivity index (χ4n) is 4.22. The van der Waals surface area contributed by atoms with E-state index < -0.39 is 17.7 Å². The van der Waals surface area contributed by atoms with Gasteiger partial charge in [0.05, 0.1) is 0 Å². The molecule has 0 aliphatic carbocycles. The van der Waals surface area contributed by atoms with Crippen molar-refractivity contribution in [1.29, 1.82) is 0 Å². The highest BCUT2D eigenvalue weighted by Crippen LogP contribution is 2.35. The second kappa shape index (κ2) is 7.60. The third kappa shape index (κ3) is 4.39. The van der Waals surface area contributed by atoms with E-state index in [-0.39, 0.29) is 29.2 Å². The lowest BCUT2D eigenvalue weighted by molar-refractivity contribution is -0.137. The smallest absolute Gasteiger partial charge is 0.408 e. The van der Waals surface area contributed by atoms with Crippen molar-refractivity contribution >= 4 is 12.0 Å². The number of rotatable bonds is 3. The number of nitrogens with zero attached hydrogens (tertiary/aromatic N) is 2. The molecule has 0 radical (unpaired) electrons. The zero-order valence-electron chi connectivity index (χ0n) is 17.4. The molecule has 7 nitrogen and oxygen atoms in total. The van der Waals surface area contributed by atoms with E-state index >= 15 is 0 Å². The van der Waals surface area contributed by atoms with Crippen molar-refractivity contribution in [2.75, 3.05) is 13.1 Å². The minimum absolute atomic E-state index is 0.0265. The number of likely N-dealkylation sites (tertiary alicyclic amines) is 1. The Morgan fingerprint density at radius 1 is 1.18 bits per heavy atom. The first-order valence-electron chi connectivity index (χ1n) is 10.0. The van der Waals surface area contributed by atoms with Gasteiger partial charge < -0.3 is 19.5 Å². The third-order valence-electron chi connectivity index (χ3n) is 5.40. The van der Waals surface area contributed by atoms with E-state index in [9.17, 15) is 14.4 Å². The van der Waals surface area contributed by atoms with Gasteiger partial charge >= 0.3 is 6.09 Å². The van der Waals surface area contributed by atoms with E-state index in [0.29, 0.717) is 19.6 Å².